The number of terminal acetylenes is 1. The normalized spacial score (nSPS) is 21.9. The third-order valence-electron chi connectivity index (χ3n) is 5.60. The van der Waals surface area contributed by atoms with Gasteiger partial charge in [0.05, 0.1) is 6.61 Å². The lowest BCUT2D eigenvalue weighted by atomic mass is 9.97. The number of hydrogen-bond donors (Lipinski definition) is 0. The van der Waals surface area contributed by atoms with Crippen molar-refractivity contribution in [2.45, 2.75) is 83.2 Å². The summed E-state index contributed by atoms with van der Waals surface area (Å²) in [5, 5.41) is 0. The number of nitrogens with zero attached hydrogens (tertiary/aromatic N) is 2. The zero-order chi connectivity index (χ0) is 21.1. The molecule has 29 heavy (non-hydrogen) atoms. The standard InChI is InChI=1S/C22H34N2O5/c1-3-5-6-11-17-28-21(26)19-13-8-9-14-23(19)20(25)18-12-7-10-15-24(18)22(27)29-16-4-2/h2,18-19H,3,5-17H2,1H3. The Bertz CT molecular complexity index is 601. The van der Waals surface area contributed by atoms with Crippen LogP contribution in [-0.4, -0.2) is 66.2 Å². The summed E-state index contributed by atoms with van der Waals surface area (Å²) in [4.78, 5) is 41.4. The largest absolute Gasteiger partial charge is 0.464 e. The van der Waals surface area contributed by atoms with Gasteiger partial charge in [0.2, 0.25) is 5.91 Å². The fourth-order valence-corrected chi connectivity index (χ4v) is 4.02. The molecule has 2 rings (SSSR count). The average Bonchev–Trinajstić information content (AvgIpc) is 2.76. The van der Waals surface area contributed by atoms with Crippen LogP contribution in [0.25, 0.3) is 0 Å². The minimum atomic E-state index is -0.605. The fourth-order valence-electron chi connectivity index (χ4n) is 4.02. The number of likely N-dealkylation sites (tertiary alicyclic amines) is 2. The van der Waals surface area contributed by atoms with Crippen molar-refractivity contribution in [2.24, 2.45) is 0 Å². The maximum atomic E-state index is 13.3. The quantitative estimate of drug-likeness (QED) is 0.352. The highest BCUT2D eigenvalue weighted by Gasteiger charge is 2.40. The van der Waals surface area contributed by atoms with Crippen LogP contribution in [-0.2, 0) is 19.1 Å². The molecule has 0 saturated carbocycles. The molecule has 0 aromatic rings. The number of ether oxygens (including phenoxy) is 2. The van der Waals surface area contributed by atoms with E-state index in [-0.39, 0.29) is 18.5 Å². The smallest absolute Gasteiger partial charge is 0.411 e. The number of hydrogen-bond acceptors (Lipinski definition) is 5. The van der Waals surface area contributed by atoms with Crippen LogP contribution in [0.2, 0.25) is 0 Å². The Morgan fingerprint density at radius 1 is 0.931 bits per heavy atom. The minimum Gasteiger partial charge on any atom is -0.464 e. The average molecular weight is 407 g/mol. The topological polar surface area (TPSA) is 76.2 Å². The van der Waals surface area contributed by atoms with Crippen LogP contribution in [0.3, 0.4) is 0 Å². The summed E-state index contributed by atoms with van der Waals surface area (Å²) in [6, 6.07) is -1.17. The lowest BCUT2D eigenvalue weighted by Gasteiger charge is -2.40. The van der Waals surface area contributed by atoms with Gasteiger partial charge in [0, 0.05) is 13.1 Å². The molecule has 2 unspecified atom stereocenters. The molecule has 0 spiro atoms. The lowest BCUT2D eigenvalue weighted by molar-refractivity contribution is -0.159. The molecule has 2 heterocycles. The molecule has 2 atom stereocenters. The second-order valence-corrected chi connectivity index (χ2v) is 7.74. The first-order valence-electron chi connectivity index (χ1n) is 10.9. The second-order valence-electron chi connectivity index (χ2n) is 7.74. The number of unbranched alkanes of at least 4 members (excludes halogenated alkanes) is 3. The molecule has 2 fully saturated rings. The summed E-state index contributed by atoms with van der Waals surface area (Å²) in [5.74, 6) is 1.76. The van der Waals surface area contributed by atoms with E-state index in [4.69, 9.17) is 15.9 Å². The van der Waals surface area contributed by atoms with Gasteiger partial charge >= 0.3 is 12.1 Å². The lowest BCUT2D eigenvalue weighted by Crippen LogP contribution is -2.58. The maximum absolute atomic E-state index is 13.3. The summed E-state index contributed by atoms with van der Waals surface area (Å²) in [7, 11) is 0. The van der Waals surface area contributed by atoms with Gasteiger partial charge in [0.25, 0.3) is 0 Å². The van der Waals surface area contributed by atoms with Crippen molar-refractivity contribution < 1.29 is 23.9 Å². The van der Waals surface area contributed by atoms with E-state index in [9.17, 15) is 14.4 Å². The Morgan fingerprint density at radius 3 is 2.31 bits per heavy atom. The number of carbonyl (C=O) groups is 3. The van der Waals surface area contributed by atoms with Gasteiger partial charge in [-0.05, 0) is 44.9 Å². The Labute approximate surface area is 174 Å². The summed E-state index contributed by atoms with van der Waals surface area (Å²) in [6.45, 7) is 3.38. The summed E-state index contributed by atoms with van der Waals surface area (Å²) in [6.07, 6.45) is 13.3. The molecule has 0 radical (unpaired) electrons. The summed E-state index contributed by atoms with van der Waals surface area (Å²) in [5.41, 5.74) is 0. The van der Waals surface area contributed by atoms with Crippen molar-refractivity contribution >= 4 is 18.0 Å². The second kappa shape index (κ2) is 12.4. The van der Waals surface area contributed by atoms with Gasteiger partial charge < -0.3 is 14.4 Å². The van der Waals surface area contributed by atoms with E-state index in [0.29, 0.717) is 32.5 Å². The van der Waals surface area contributed by atoms with Gasteiger partial charge in [-0.15, -0.1) is 6.42 Å². The van der Waals surface area contributed by atoms with Crippen LogP contribution in [0.15, 0.2) is 0 Å². The molecule has 0 aromatic carbocycles. The van der Waals surface area contributed by atoms with Crippen LogP contribution < -0.4 is 0 Å². The number of carbonyl (C=O) groups excluding carboxylic acids is 3. The highest BCUT2D eigenvalue weighted by molar-refractivity contribution is 5.90. The van der Waals surface area contributed by atoms with E-state index in [1.165, 1.54) is 4.90 Å². The van der Waals surface area contributed by atoms with E-state index < -0.39 is 18.2 Å². The highest BCUT2D eigenvalue weighted by atomic mass is 16.6. The zero-order valence-corrected chi connectivity index (χ0v) is 17.6. The Hall–Kier alpha value is -2.23. The highest BCUT2D eigenvalue weighted by Crippen LogP contribution is 2.25. The molecular formula is C22H34N2O5. The third-order valence-corrected chi connectivity index (χ3v) is 5.60. The minimum absolute atomic E-state index is 0.118. The van der Waals surface area contributed by atoms with E-state index in [2.05, 4.69) is 12.8 Å². The molecule has 2 amide bonds. The third kappa shape index (κ3) is 6.66. The Kier molecular flexibility index (Phi) is 9.82. The molecule has 7 nitrogen and oxygen atoms in total. The monoisotopic (exact) mass is 406 g/mol. The molecule has 0 bridgehead atoms. The van der Waals surface area contributed by atoms with Crippen LogP contribution in [0, 0.1) is 12.3 Å². The van der Waals surface area contributed by atoms with Gasteiger partial charge in [0.15, 0.2) is 6.61 Å². The predicted molar refractivity (Wildman–Crippen MR) is 109 cm³/mol. The van der Waals surface area contributed by atoms with Crippen LogP contribution in [0.5, 0.6) is 0 Å². The van der Waals surface area contributed by atoms with Gasteiger partial charge in [-0.25, -0.2) is 9.59 Å². The molecule has 0 aliphatic carbocycles. The first-order chi connectivity index (χ1) is 14.1. The number of rotatable bonds is 8. The molecule has 7 heteroatoms. The molecule has 2 aliphatic heterocycles. The van der Waals surface area contributed by atoms with E-state index in [1.807, 2.05) is 0 Å². The first kappa shape index (κ1) is 23.1. The number of piperidine rings is 2. The van der Waals surface area contributed by atoms with Crippen LogP contribution in [0.4, 0.5) is 4.79 Å². The fraction of sp³-hybridized carbons (Fsp3) is 0.773. The van der Waals surface area contributed by atoms with Crippen LogP contribution in [0.1, 0.15) is 71.1 Å². The van der Waals surface area contributed by atoms with Gasteiger partial charge in [-0.2, -0.15) is 0 Å². The van der Waals surface area contributed by atoms with Crippen LogP contribution >= 0.6 is 0 Å². The molecule has 0 N–H and O–H groups in total. The van der Waals surface area contributed by atoms with Gasteiger partial charge in [-0.3, -0.25) is 9.69 Å². The van der Waals surface area contributed by atoms with Gasteiger partial charge in [0.1, 0.15) is 12.1 Å². The van der Waals surface area contributed by atoms with Crippen molar-refractivity contribution in [2.75, 3.05) is 26.3 Å². The molecule has 0 aromatic heterocycles. The van der Waals surface area contributed by atoms with Crippen molar-refractivity contribution in [1.29, 1.82) is 0 Å². The number of esters is 1. The zero-order valence-electron chi connectivity index (χ0n) is 17.6. The molecule has 162 valence electrons. The van der Waals surface area contributed by atoms with Crippen molar-refractivity contribution in [1.82, 2.24) is 9.80 Å². The van der Waals surface area contributed by atoms with E-state index in [1.54, 1.807) is 4.90 Å². The summed E-state index contributed by atoms with van der Waals surface area (Å²) >= 11 is 0. The molecule has 2 saturated heterocycles. The predicted octanol–water partition coefficient (Wildman–Crippen LogP) is 3.12. The molecule has 2 aliphatic rings. The maximum Gasteiger partial charge on any atom is 0.411 e. The van der Waals surface area contributed by atoms with E-state index in [0.717, 1.165) is 51.4 Å². The Balaban J connectivity index is 2.00. The van der Waals surface area contributed by atoms with Crippen molar-refractivity contribution in [3.63, 3.8) is 0 Å². The van der Waals surface area contributed by atoms with E-state index >= 15 is 0 Å². The van der Waals surface area contributed by atoms with Crippen molar-refractivity contribution in [3.05, 3.63) is 0 Å². The SMILES string of the molecule is C#CCOC(=O)N1CCCCC1C(=O)N1CCCCC1C(=O)OCCCCCC. The molecular weight excluding hydrogens is 372 g/mol. The van der Waals surface area contributed by atoms with Gasteiger partial charge in [-0.1, -0.05) is 32.1 Å². The summed E-state index contributed by atoms with van der Waals surface area (Å²) < 4.78 is 10.5. The first-order valence-corrected chi connectivity index (χ1v) is 10.9. The number of amides is 2. The Morgan fingerprint density at radius 2 is 1.62 bits per heavy atom. The van der Waals surface area contributed by atoms with Crippen molar-refractivity contribution in [3.8, 4) is 12.3 Å².